The summed E-state index contributed by atoms with van der Waals surface area (Å²) in [4.78, 5) is 26.0. The van der Waals surface area contributed by atoms with Gasteiger partial charge in [-0.2, -0.15) is 5.10 Å². The summed E-state index contributed by atoms with van der Waals surface area (Å²) < 4.78 is 1.80. The Labute approximate surface area is 174 Å². The molecule has 1 amide bonds. The molecule has 2 saturated heterocycles. The molecule has 0 saturated carbocycles. The molecule has 0 spiro atoms. The molecule has 0 bridgehead atoms. The third-order valence-corrected chi connectivity index (χ3v) is 6.31. The fraction of sp³-hybridized carbons (Fsp3) is 0.429. The first-order chi connectivity index (χ1) is 14.2. The van der Waals surface area contributed by atoms with Crippen LogP contribution in [0, 0.1) is 5.92 Å². The minimum absolute atomic E-state index is 0.121. The molecule has 8 heteroatoms. The van der Waals surface area contributed by atoms with Crippen LogP contribution in [0.5, 0.6) is 0 Å². The maximum Gasteiger partial charge on any atom is 0.226 e. The molecule has 0 radical (unpaired) electrons. The van der Waals surface area contributed by atoms with Crippen LogP contribution in [0.1, 0.15) is 24.8 Å². The van der Waals surface area contributed by atoms with Crippen LogP contribution in [0.25, 0.3) is 5.65 Å². The number of anilines is 1. The molecule has 2 aliphatic heterocycles. The number of pyridine rings is 2. The molecule has 2 fully saturated rings. The van der Waals surface area contributed by atoms with Crippen molar-refractivity contribution < 1.29 is 4.79 Å². The van der Waals surface area contributed by atoms with E-state index in [0.29, 0.717) is 10.9 Å². The highest BCUT2D eigenvalue weighted by Crippen LogP contribution is 2.32. The van der Waals surface area contributed by atoms with Gasteiger partial charge in [-0.15, -0.1) is 0 Å². The number of halogens is 1. The van der Waals surface area contributed by atoms with E-state index in [2.05, 4.69) is 30.9 Å². The van der Waals surface area contributed by atoms with Crippen LogP contribution in [0.15, 0.2) is 43.0 Å². The van der Waals surface area contributed by atoms with Crippen LogP contribution < -0.4 is 4.90 Å². The normalized spacial score (nSPS) is 21.8. The number of carbonyl (C=O) groups excluding carboxylic acids is 1. The second kappa shape index (κ2) is 7.63. The van der Waals surface area contributed by atoms with Gasteiger partial charge < -0.3 is 9.80 Å². The van der Waals surface area contributed by atoms with Crippen LogP contribution in [-0.4, -0.2) is 56.1 Å². The molecule has 29 heavy (non-hydrogen) atoms. The van der Waals surface area contributed by atoms with Gasteiger partial charge in [0.05, 0.1) is 11.1 Å². The van der Waals surface area contributed by atoms with Gasteiger partial charge in [0, 0.05) is 37.9 Å². The smallest absolute Gasteiger partial charge is 0.226 e. The van der Waals surface area contributed by atoms with Gasteiger partial charge in [0.2, 0.25) is 5.91 Å². The van der Waals surface area contributed by atoms with Crippen molar-refractivity contribution in [1.29, 1.82) is 0 Å². The van der Waals surface area contributed by atoms with E-state index in [4.69, 9.17) is 11.6 Å². The average molecular weight is 411 g/mol. The zero-order chi connectivity index (χ0) is 19.8. The molecule has 150 valence electrons. The molecule has 0 N–H and O–H groups in total. The molecule has 3 aromatic rings. The Balaban J connectivity index is 1.19. The highest BCUT2D eigenvalue weighted by atomic mass is 35.5. The molecule has 2 atom stereocenters. The summed E-state index contributed by atoms with van der Waals surface area (Å²) >= 11 is 5.95. The Hall–Kier alpha value is -2.67. The number of rotatable bonds is 5. The fourth-order valence-corrected chi connectivity index (χ4v) is 4.77. The number of fused-ring (bicyclic) bond motifs is 2. The highest BCUT2D eigenvalue weighted by Gasteiger charge is 2.42. The maximum absolute atomic E-state index is 12.9. The Morgan fingerprint density at radius 2 is 2.10 bits per heavy atom. The molecule has 7 nitrogen and oxygen atoms in total. The highest BCUT2D eigenvalue weighted by molar-refractivity contribution is 6.30. The number of aryl methyl sites for hydroxylation is 1. The van der Waals surface area contributed by atoms with Crippen LogP contribution >= 0.6 is 11.6 Å². The molecular formula is C21H23ClN6O. The van der Waals surface area contributed by atoms with E-state index in [1.165, 1.54) is 5.56 Å². The number of nitrogens with zero attached hydrogens (tertiary/aromatic N) is 6. The van der Waals surface area contributed by atoms with E-state index >= 15 is 0 Å². The molecule has 0 aliphatic carbocycles. The van der Waals surface area contributed by atoms with Crippen LogP contribution in [0.4, 0.5) is 5.82 Å². The number of aromatic nitrogens is 4. The Bertz CT molecular complexity index is 1020. The monoisotopic (exact) mass is 410 g/mol. The number of piperazine rings is 1. The number of hydrogen-bond donors (Lipinski definition) is 0. The lowest BCUT2D eigenvalue weighted by Crippen LogP contribution is -2.51. The van der Waals surface area contributed by atoms with E-state index in [-0.39, 0.29) is 12.0 Å². The van der Waals surface area contributed by atoms with Crippen molar-refractivity contribution >= 4 is 29.0 Å². The largest absolute Gasteiger partial charge is 0.353 e. The SMILES string of the molecule is O=C1[C@@H](CCCc2cccn3ncnc23)C[C@H]2CN(c3ccc(Cl)cn3)CCN12. The number of hydrogen-bond acceptors (Lipinski definition) is 5. The lowest BCUT2D eigenvalue weighted by Gasteiger charge is -2.38. The van der Waals surface area contributed by atoms with Crippen molar-refractivity contribution in [3.05, 3.63) is 53.6 Å². The van der Waals surface area contributed by atoms with Crippen molar-refractivity contribution in [2.45, 2.75) is 31.7 Å². The average Bonchev–Trinajstić information content (AvgIpc) is 3.34. The minimum Gasteiger partial charge on any atom is -0.353 e. The van der Waals surface area contributed by atoms with E-state index in [1.54, 1.807) is 17.0 Å². The number of amides is 1. The lowest BCUT2D eigenvalue weighted by atomic mass is 9.96. The first kappa shape index (κ1) is 18.4. The summed E-state index contributed by atoms with van der Waals surface area (Å²) in [6, 6.07) is 8.20. The third kappa shape index (κ3) is 3.55. The summed E-state index contributed by atoms with van der Waals surface area (Å²) in [6.07, 6.45) is 8.91. The molecule has 2 aliphatic rings. The summed E-state index contributed by atoms with van der Waals surface area (Å²) in [5.74, 6) is 1.38. The number of carbonyl (C=O) groups is 1. The Morgan fingerprint density at radius 1 is 1.17 bits per heavy atom. The van der Waals surface area contributed by atoms with Crippen molar-refractivity contribution in [3.63, 3.8) is 0 Å². The topological polar surface area (TPSA) is 66.6 Å². The van der Waals surface area contributed by atoms with Gasteiger partial charge in [0.1, 0.15) is 12.1 Å². The van der Waals surface area contributed by atoms with E-state index in [9.17, 15) is 4.79 Å². The van der Waals surface area contributed by atoms with E-state index in [1.807, 2.05) is 24.4 Å². The van der Waals surface area contributed by atoms with Gasteiger partial charge in [0.15, 0.2) is 5.65 Å². The summed E-state index contributed by atoms with van der Waals surface area (Å²) in [6.45, 7) is 2.43. The standard InChI is InChI=1S/C21H23ClN6O/c22-17-6-7-19(23-12-17)26-9-10-27-18(13-26)11-16(21(27)29)4-1-3-15-5-2-8-28-20(15)24-14-25-28/h2,5-8,12,14,16,18H,1,3-4,9-11,13H2/t16-,18-/m0/s1. The molecule has 3 aromatic heterocycles. The van der Waals surface area contributed by atoms with Crippen molar-refractivity contribution in [3.8, 4) is 0 Å². The summed E-state index contributed by atoms with van der Waals surface area (Å²) in [5, 5.41) is 4.83. The summed E-state index contributed by atoms with van der Waals surface area (Å²) in [5.41, 5.74) is 2.10. The van der Waals surface area contributed by atoms with E-state index in [0.717, 1.165) is 56.8 Å². The fourth-order valence-electron chi connectivity index (χ4n) is 4.65. The maximum atomic E-state index is 12.9. The van der Waals surface area contributed by atoms with Gasteiger partial charge in [-0.3, -0.25) is 4.79 Å². The molecule has 0 aromatic carbocycles. The lowest BCUT2D eigenvalue weighted by molar-refractivity contribution is -0.132. The Kier molecular flexibility index (Phi) is 4.83. The summed E-state index contributed by atoms with van der Waals surface area (Å²) in [7, 11) is 0. The van der Waals surface area contributed by atoms with Gasteiger partial charge in [-0.05, 0) is 49.4 Å². The predicted octanol–water partition coefficient (Wildman–Crippen LogP) is 2.84. The first-order valence-electron chi connectivity index (χ1n) is 10.1. The van der Waals surface area contributed by atoms with Gasteiger partial charge in [-0.1, -0.05) is 17.7 Å². The van der Waals surface area contributed by atoms with Gasteiger partial charge in [-0.25, -0.2) is 14.5 Å². The quantitative estimate of drug-likeness (QED) is 0.647. The van der Waals surface area contributed by atoms with Gasteiger partial charge in [0.25, 0.3) is 0 Å². The van der Waals surface area contributed by atoms with Crippen molar-refractivity contribution in [1.82, 2.24) is 24.5 Å². The zero-order valence-electron chi connectivity index (χ0n) is 16.1. The van der Waals surface area contributed by atoms with E-state index < -0.39 is 0 Å². The molecule has 5 rings (SSSR count). The van der Waals surface area contributed by atoms with Crippen LogP contribution in [-0.2, 0) is 11.2 Å². The third-order valence-electron chi connectivity index (χ3n) is 6.09. The molecular weight excluding hydrogens is 388 g/mol. The van der Waals surface area contributed by atoms with Crippen molar-refractivity contribution in [2.75, 3.05) is 24.5 Å². The first-order valence-corrected chi connectivity index (χ1v) is 10.5. The van der Waals surface area contributed by atoms with Gasteiger partial charge >= 0.3 is 0 Å². The van der Waals surface area contributed by atoms with Crippen LogP contribution in [0.2, 0.25) is 5.02 Å². The Morgan fingerprint density at radius 3 is 2.97 bits per heavy atom. The zero-order valence-corrected chi connectivity index (χ0v) is 16.9. The second-order valence-corrected chi connectivity index (χ2v) is 8.29. The minimum atomic E-state index is 0.121. The predicted molar refractivity (Wildman–Crippen MR) is 111 cm³/mol. The molecule has 0 unspecified atom stereocenters. The van der Waals surface area contributed by atoms with Crippen molar-refractivity contribution in [2.24, 2.45) is 5.92 Å². The van der Waals surface area contributed by atoms with Crippen LogP contribution in [0.3, 0.4) is 0 Å². The molecule has 5 heterocycles. The second-order valence-electron chi connectivity index (χ2n) is 7.85.